The second kappa shape index (κ2) is 4.19. The van der Waals surface area contributed by atoms with E-state index in [9.17, 15) is 0 Å². The van der Waals surface area contributed by atoms with Crippen molar-refractivity contribution in [1.29, 1.82) is 0 Å². The van der Waals surface area contributed by atoms with Crippen molar-refractivity contribution in [2.45, 2.75) is 0 Å². The Morgan fingerprint density at radius 2 is 1.80 bits per heavy atom. The Balaban J connectivity index is 2.30. The normalized spacial score (nSPS) is 9.93. The molecule has 0 saturated heterocycles. The molecule has 2 rings (SSSR count). The second-order valence-corrected chi connectivity index (χ2v) is 3.45. The van der Waals surface area contributed by atoms with E-state index >= 15 is 0 Å². The minimum Gasteiger partial charge on any atom is -0.382 e. The maximum atomic E-state index is 6.00. The highest BCUT2D eigenvalue weighted by Gasteiger charge is 2.01. The van der Waals surface area contributed by atoms with E-state index < -0.39 is 0 Å². The zero-order valence-electron chi connectivity index (χ0n) is 7.94. The van der Waals surface area contributed by atoms with Crippen LogP contribution >= 0.6 is 11.6 Å². The number of pyridine rings is 1. The van der Waals surface area contributed by atoms with E-state index in [1.807, 2.05) is 36.4 Å². The van der Waals surface area contributed by atoms with Crippen LogP contribution in [0, 0.1) is 0 Å². The third-order valence-electron chi connectivity index (χ3n) is 1.98. The van der Waals surface area contributed by atoms with E-state index in [1.165, 1.54) is 0 Å². The average Bonchev–Trinajstić information content (AvgIpc) is 2.24. The summed E-state index contributed by atoms with van der Waals surface area (Å²) in [5.41, 5.74) is 7.28. The minimum atomic E-state index is 0.456. The fraction of sp³-hybridized carbons (Fsp3) is 0. The van der Waals surface area contributed by atoms with Gasteiger partial charge in [-0.3, -0.25) is 0 Å². The SMILES string of the molecule is Nc1ncccc1Nc1ccccc1Cl. The van der Waals surface area contributed by atoms with Crippen molar-refractivity contribution in [3.8, 4) is 0 Å². The minimum absolute atomic E-state index is 0.456. The van der Waals surface area contributed by atoms with Crippen LogP contribution in [0.3, 0.4) is 0 Å². The summed E-state index contributed by atoms with van der Waals surface area (Å²) in [6, 6.07) is 11.1. The van der Waals surface area contributed by atoms with Gasteiger partial charge in [-0.05, 0) is 24.3 Å². The molecular formula is C11H10ClN3. The number of benzene rings is 1. The van der Waals surface area contributed by atoms with Crippen molar-refractivity contribution >= 4 is 28.8 Å². The van der Waals surface area contributed by atoms with E-state index in [4.69, 9.17) is 17.3 Å². The summed E-state index contributed by atoms with van der Waals surface area (Å²) in [6.45, 7) is 0. The molecule has 76 valence electrons. The third-order valence-corrected chi connectivity index (χ3v) is 2.31. The predicted octanol–water partition coefficient (Wildman–Crippen LogP) is 3.06. The molecule has 3 nitrogen and oxygen atoms in total. The Morgan fingerprint density at radius 1 is 1.07 bits per heavy atom. The molecule has 0 aliphatic carbocycles. The van der Waals surface area contributed by atoms with Crippen LogP contribution in [0.5, 0.6) is 0 Å². The number of hydrogen-bond acceptors (Lipinski definition) is 3. The van der Waals surface area contributed by atoms with Gasteiger partial charge in [-0.2, -0.15) is 0 Å². The fourth-order valence-corrected chi connectivity index (χ4v) is 1.41. The average molecular weight is 220 g/mol. The van der Waals surface area contributed by atoms with Gasteiger partial charge in [0.1, 0.15) is 5.82 Å². The molecule has 1 aromatic carbocycles. The highest BCUT2D eigenvalue weighted by molar-refractivity contribution is 6.33. The van der Waals surface area contributed by atoms with Gasteiger partial charge in [0.2, 0.25) is 0 Å². The van der Waals surface area contributed by atoms with Crippen LogP contribution in [0.15, 0.2) is 42.6 Å². The van der Waals surface area contributed by atoms with Crippen molar-refractivity contribution < 1.29 is 0 Å². The van der Waals surface area contributed by atoms with E-state index in [0.29, 0.717) is 10.8 Å². The van der Waals surface area contributed by atoms with E-state index in [-0.39, 0.29) is 0 Å². The van der Waals surface area contributed by atoms with Crippen LogP contribution in [-0.4, -0.2) is 4.98 Å². The zero-order chi connectivity index (χ0) is 10.7. The molecule has 0 unspecified atom stereocenters. The molecule has 3 N–H and O–H groups in total. The number of rotatable bonds is 2. The summed E-state index contributed by atoms with van der Waals surface area (Å²) in [4.78, 5) is 3.98. The third kappa shape index (κ3) is 2.19. The number of hydrogen-bond donors (Lipinski definition) is 2. The summed E-state index contributed by atoms with van der Waals surface area (Å²) >= 11 is 6.00. The molecule has 0 radical (unpaired) electrons. The Morgan fingerprint density at radius 3 is 2.53 bits per heavy atom. The van der Waals surface area contributed by atoms with Crippen LogP contribution in [0.4, 0.5) is 17.2 Å². The summed E-state index contributed by atoms with van der Waals surface area (Å²) in [5.74, 6) is 0.456. The first-order valence-electron chi connectivity index (χ1n) is 4.49. The molecule has 0 spiro atoms. The quantitative estimate of drug-likeness (QED) is 0.816. The Labute approximate surface area is 92.9 Å². The molecule has 0 fully saturated rings. The molecule has 0 aliphatic rings. The zero-order valence-corrected chi connectivity index (χ0v) is 8.70. The lowest BCUT2D eigenvalue weighted by Gasteiger charge is -2.09. The number of nitrogen functional groups attached to an aromatic ring is 1. The number of para-hydroxylation sites is 1. The van der Waals surface area contributed by atoms with Gasteiger partial charge in [0.15, 0.2) is 0 Å². The number of nitrogens with two attached hydrogens (primary N) is 1. The van der Waals surface area contributed by atoms with Crippen LogP contribution in [0.25, 0.3) is 0 Å². The van der Waals surface area contributed by atoms with Gasteiger partial charge in [-0.15, -0.1) is 0 Å². The highest BCUT2D eigenvalue weighted by atomic mass is 35.5. The van der Waals surface area contributed by atoms with E-state index in [2.05, 4.69) is 10.3 Å². The molecule has 0 bridgehead atoms. The monoisotopic (exact) mass is 219 g/mol. The van der Waals surface area contributed by atoms with E-state index in [0.717, 1.165) is 11.4 Å². The summed E-state index contributed by atoms with van der Waals surface area (Å²) in [7, 11) is 0. The molecule has 1 aromatic heterocycles. The van der Waals surface area contributed by atoms with Crippen molar-refractivity contribution in [2.24, 2.45) is 0 Å². The van der Waals surface area contributed by atoms with Crippen molar-refractivity contribution in [1.82, 2.24) is 4.98 Å². The lowest BCUT2D eigenvalue weighted by atomic mass is 10.3. The first-order chi connectivity index (χ1) is 7.27. The van der Waals surface area contributed by atoms with Crippen molar-refractivity contribution in [3.63, 3.8) is 0 Å². The van der Waals surface area contributed by atoms with Gasteiger partial charge < -0.3 is 11.1 Å². The van der Waals surface area contributed by atoms with Crippen LogP contribution in [0.2, 0.25) is 5.02 Å². The summed E-state index contributed by atoms with van der Waals surface area (Å²) in [6.07, 6.45) is 1.65. The molecule has 2 aromatic rings. The van der Waals surface area contributed by atoms with Gasteiger partial charge in [-0.25, -0.2) is 4.98 Å². The van der Waals surface area contributed by atoms with Crippen molar-refractivity contribution in [2.75, 3.05) is 11.1 Å². The molecule has 1 heterocycles. The summed E-state index contributed by atoms with van der Waals surface area (Å²) in [5, 5.41) is 3.77. The lowest BCUT2D eigenvalue weighted by Crippen LogP contribution is -1.98. The first kappa shape index (κ1) is 9.80. The van der Waals surface area contributed by atoms with E-state index in [1.54, 1.807) is 6.20 Å². The molecule has 15 heavy (non-hydrogen) atoms. The van der Waals surface area contributed by atoms with Crippen LogP contribution < -0.4 is 11.1 Å². The molecular weight excluding hydrogens is 210 g/mol. The maximum absolute atomic E-state index is 6.00. The molecule has 4 heteroatoms. The summed E-state index contributed by atoms with van der Waals surface area (Å²) < 4.78 is 0. The highest BCUT2D eigenvalue weighted by Crippen LogP contribution is 2.26. The standard InChI is InChI=1S/C11H10ClN3/c12-8-4-1-2-5-9(8)15-10-6-3-7-14-11(10)13/h1-7,15H,(H2,13,14). The molecule has 0 amide bonds. The Kier molecular flexibility index (Phi) is 2.74. The van der Waals surface area contributed by atoms with Crippen LogP contribution in [-0.2, 0) is 0 Å². The second-order valence-electron chi connectivity index (χ2n) is 3.04. The van der Waals surface area contributed by atoms with Gasteiger partial charge in [0.25, 0.3) is 0 Å². The number of anilines is 3. The molecule has 0 atom stereocenters. The fourth-order valence-electron chi connectivity index (χ4n) is 1.23. The lowest BCUT2D eigenvalue weighted by molar-refractivity contribution is 1.33. The van der Waals surface area contributed by atoms with Gasteiger partial charge in [0, 0.05) is 6.20 Å². The van der Waals surface area contributed by atoms with Crippen LogP contribution in [0.1, 0.15) is 0 Å². The largest absolute Gasteiger partial charge is 0.382 e. The van der Waals surface area contributed by atoms with Gasteiger partial charge >= 0.3 is 0 Å². The molecule has 0 saturated carbocycles. The smallest absolute Gasteiger partial charge is 0.147 e. The number of halogens is 1. The van der Waals surface area contributed by atoms with Gasteiger partial charge in [-0.1, -0.05) is 23.7 Å². The Hall–Kier alpha value is -1.74. The molecule has 0 aliphatic heterocycles. The Bertz CT molecular complexity index is 427. The maximum Gasteiger partial charge on any atom is 0.147 e. The first-order valence-corrected chi connectivity index (χ1v) is 4.87. The number of nitrogens with zero attached hydrogens (tertiary/aromatic N) is 1. The number of aromatic nitrogens is 1. The number of nitrogens with one attached hydrogen (secondary N) is 1. The van der Waals surface area contributed by atoms with Gasteiger partial charge in [0.05, 0.1) is 16.4 Å². The topological polar surface area (TPSA) is 50.9 Å². The predicted molar refractivity (Wildman–Crippen MR) is 63.4 cm³/mol. The van der Waals surface area contributed by atoms with Crippen molar-refractivity contribution in [3.05, 3.63) is 47.6 Å².